The summed E-state index contributed by atoms with van der Waals surface area (Å²) in [5, 5.41) is 3.43. The van der Waals surface area contributed by atoms with E-state index in [-0.39, 0.29) is 5.82 Å². The molecule has 3 heteroatoms. The van der Waals surface area contributed by atoms with E-state index in [2.05, 4.69) is 16.2 Å². The van der Waals surface area contributed by atoms with Gasteiger partial charge in [-0.15, -0.1) is 0 Å². The summed E-state index contributed by atoms with van der Waals surface area (Å²) in [5.41, 5.74) is 0.311. The van der Waals surface area contributed by atoms with Crippen LogP contribution >= 0.6 is 0 Å². The summed E-state index contributed by atoms with van der Waals surface area (Å²) in [6.07, 6.45) is 2.44. The van der Waals surface area contributed by atoms with Crippen LogP contribution in [0.2, 0.25) is 0 Å². The van der Waals surface area contributed by atoms with Gasteiger partial charge in [0.05, 0.1) is 0 Å². The van der Waals surface area contributed by atoms with Crippen molar-refractivity contribution < 1.29 is 9.23 Å². The van der Waals surface area contributed by atoms with Crippen LogP contribution in [0.4, 0.5) is 4.39 Å². The summed E-state index contributed by atoms with van der Waals surface area (Å²) < 4.78 is 12.8. The van der Waals surface area contributed by atoms with Gasteiger partial charge in [-0.1, -0.05) is 17.3 Å². The second kappa shape index (κ2) is 4.49. The van der Waals surface area contributed by atoms with Crippen molar-refractivity contribution in [1.29, 1.82) is 0 Å². The zero-order chi connectivity index (χ0) is 8.81. The molecule has 0 bridgehead atoms. The predicted molar refractivity (Wildman–Crippen MR) is 44.6 cm³/mol. The minimum Gasteiger partial charge on any atom is -0.396 e. The summed E-state index contributed by atoms with van der Waals surface area (Å²) in [7, 11) is 0. The van der Waals surface area contributed by atoms with Gasteiger partial charge in [-0.3, -0.25) is 0 Å². The highest BCUT2D eigenvalue weighted by molar-refractivity contribution is 5.79. The Kier molecular flexibility index (Phi) is 3.26. The summed E-state index contributed by atoms with van der Waals surface area (Å²) >= 11 is 0. The van der Waals surface area contributed by atoms with Gasteiger partial charge in [0.1, 0.15) is 18.6 Å². The second-order valence-electron chi connectivity index (χ2n) is 2.10. The molecule has 0 amide bonds. The van der Waals surface area contributed by atoms with Crippen LogP contribution in [0.5, 0.6) is 0 Å². The first-order valence-electron chi connectivity index (χ1n) is 3.67. The van der Waals surface area contributed by atoms with E-state index in [1.54, 1.807) is 25.1 Å². The minimum atomic E-state index is -0.346. The molecule has 0 fully saturated rings. The zero-order valence-electron chi connectivity index (χ0n) is 6.75. The molecule has 1 aromatic rings. The average molecular weight is 166 g/mol. The van der Waals surface area contributed by atoms with Crippen LogP contribution in [-0.4, -0.2) is 12.8 Å². The lowest BCUT2D eigenvalue weighted by atomic mass is 10.2. The molecule has 12 heavy (non-hydrogen) atoms. The summed E-state index contributed by atoms with van der Waals surface area (Å²) in [6.45, 7) is 2.26. The summed E-state index contributed by atoms with van der Waals surface area (Å²) in [5.74, 6) is -0.346. The van der Waals surface area contributed by atoms with Crippen molar-refractivity contribution in [2.24, 2.45) is 5.16 Å². The van der Waals surface area contributed by atoms with Gasteiger partial charge in [-0.25, -0.2) is 4.39 Å². The van der Waals surface area contributed by atoms with Gasteiger partial charge in [-0.2, -0.15) is 0 Å². The molecule has 1 radical (unpaired) electrons. The molecular weight excluding hydrogens is 157 g/mol. The fourth-order valence-electron chi connectivity index (χ4n) is 0.698. The van der Waals surface area contributed by atoms with Crippen LogP contribution in [0.3, 0.4) is 0 Å². The Hall–Kier alpha value is -1.38. The summed E-state index contributed by atoms with van der Waals surface area (Å²) in [4.78, 5) is 4.64. The minimum absolute atomic E-state index is 0.311. The van der Waals surface area contributed by atoms with E-state index in [9.17, 15) is 4.39 Å². The van der Waals surface area contributed by atoms with Crippen molar-refractivity contribution in [3.8, 4) is 0 Å². The van der Waals surface area contributed by atoms with E-state index < -0.39 is 0 Å². The van der Waals surface area contributed by atoms with Crippen molar-refractivity contribution in [2.45, 2.75) is 6.92 Å². The molecule has 1 rings (SSSR count). The van der Waals surface area contributed by atoms with Crippen LogP contribution in [0.15, 0.2) is 29.4 Å². The molecule has 0 saturated carbocycles. The lowest BCUT2D eigenvalue weighted by Crippen LogP contribution is -1.88. The molecular formula is C9H9FNO. The van der Waals surface area contributed by atoms with E-state index in [0.717, 1.165) is 0 Å². The van der Waals surface area contributed by atoms with Crippen LogP contribution in [0.1, 0.15) is 12.5 Å². The van der Waals surface area contributed by atoms with E-state index in [4.69, 9.17) is 0 Å². The van der Waals surface area contributed by atoms with Gasteiger partial charge >= 0.3 is 0 Å². The Morgan fingerprint density at radius 2 is 2.25 bits per heavy atom. The van der Waals surface area contributed by atoms with E-state index in [1.807, 2.05) is 0 Å². The molecule has 0 aliphatic rings. The molecule has 0 unspecified atom stereocenters. The SMILES string of the molecule is CCO/N=[C]/c1ccccc1F. The lowest BCUT2D eigenvalue weighted by molar-refractivity contribution is 0.160. The van der Waals surface area contributed by atoms with Crippen molar-refractivity contribution in [2.75, 3.05) is 6.61 Å². The number of hydrogen-bond acceptors (Lipinski definition) is 2. The van der Waals surface area contributed by atoms with E-state index >= 15 is 0 Å². The predicted octanol–water partition coefficient (Wildman–Crippen LogP) is 2.07. The highest BCUT2D eigenvalue weighted by Gasteiger charge is 1.96. The molecule has 0 atom stereocenters. The standard InChI is InChI=1S/C9H9FNO/c1-2-12-11-7-8-5-3-4-6-9(8)10/h3-6H,2H2,1H3. The third-order valence-electron chi connectivity index (χ3n) is 1.23. The quantitative estimate of drug-likeness (QED) is 0.497. The second-order valence-corrected chi connectivity index (χ2v) is 2.10. The number of hydrogen-bond donors (Lipinski definition) is 0. The maximum Gasteiger partial charge on any atom is 0.142 e. The van der Waals surface area contributed by atoms with Gasteiger partial charge in [0.25, 0.3) is 0 Å². The van der Waals surface area contributed by atoms with Crippen molar-refractivity contribution in [3.63, 3.8) is 0 Å². The van der Waals surface area contributed by atoms with Crippen LogP contribution < -0.4 is 0 Å². The number of nitrogens with zero attached hydrogens (tertiary/aromatic N) is 1. The number of halogens is 1. The van der Waals surface area contributed by atoms with Crippen LogP contribution in [-0.2, 0) is 4.84 Å². The van der Waals surface area contributed by atoms with Gasteiger partial charge in [0, 0.05) is 5.56 Å². The van der Waals surface area contributed by atoms with Crippen molar-refractivity contribution in [1.82, 2.24) is 0 Å². The Morgan fingerprint density at radius 3 is 2.92 bits per heavy atom. The largest absolute Gasteiger partial charge is 0.396 e. The van der Waals surface area contributed by atoms with Crippen molar-refractivity contribution in [3.05, 3.63) is 35.6 Å². The first-order chi connectivity index (χ1) is 5.84. The fourth-order valence-corrected chi connectivity index (χ4v) is 0.698. The molecule has 0 saturated heterocycles. The highest BCUT2D eigenvalue weighted by atomic mass is 19.1. The number of rotatable bonds is 3. The fraction of sp³-hybridized carbons (Fsp3) is 0.222. The normalized spacial score (nSPS) is 10.5. The maximum absolute atomic E-state index is 12.8. The third-order valence-corrected chi connectivity index (χ3v) is 1.23. The third kappa shape index (κ3) is 2.34. The Balaban J connectivity index is 2.68. The Labute approximate surface area is 70.7 Å². The first kappa shape index (κ1) is 8.71. The molecule has 1 aromatic carbocycles. The number of benzene rings is 1. The topological polar surface area (TPSA) is 21.6 Å². The maximum atomic E-state index is 12.8. The Morgan fingerprint density at radius 1 is 1.50 bits per heavy atom. The van der Waals surface area contributed by atoms with Crippen LogP contribution in [0.25, 0.3) is 0 Å². The lowest BCUT2D eigenvalue weighted by Gasteiger charge is -1.93. The zero-order valence-corrected chi connectivity index (χ0v) is 6.75. The molecule has 0 heterocycles. The first-order valence-corrected chi connectivity index (χ1v) is 3.67. The molecule has 2 nitrogen and oxygen atoms in total. The highest BCUT2D eigenvalue weighted by Crippen LogP contribution is 2.02. The summed E-state index contributed by atoms with van der Waals surface area (Å²) in [6, 6.07) is 6.26. The molecule has 0 aliphatic heterocycles. The molecule has 0 aliphatic carbocycles. The molecule has 63 valence electrons. The van der Waals surface area contributed by atoms with Crippen molar-refractivity contribution >= 4 is 6.21 Å². The van der Waals surface area contributed by atoms with E-state index in [0.29, 0.717) is 12.2 Å². The Bertz CT molecular complexity index is 273. The average Bonchev–Trinajstić information content (AvgIpc) is 2.09. The molecule has 0 spiro atoms. The smallest absolute Gasteiger partial charge is 0.142 e. The molecule has 0 N–H and O–H groups in total. The van der Waals surface area contributed by atoms with Gasteiger partial charge in [0.2, 0.25) is 0 Å². The molecule has 0 aromatic heterocycles. The monoisotopic (exact) mass is 166 g/mol. The van der Waals surface area contributed by atoms with Gasteiger partial charge in [0.15, 0.2) is 0 Å². The van der Waals surface area contributed by atoms with Gasteiger partial charge in [-0.05, 0) is 19.1 Å². The van der Waals surface area contributed by atoms with Gasteiger partial charge < -0.3 is 4.84 Å². The van der Waals surface area contributed by atoms with E-state index in [1.165, 1.54) is 6.07 Å². The van der Waals surface area contributed by atoms with Crippen LogP contribution in [0, 0.1) is 5.82 Å².